The number of carbonyl (C=O) groups is 3. The molecule has 1 unspecified atom stereocenters. The highest BCUT2D eigenvalue weighted by atomic mass is 32.1. The molecule has 1 saturated heterocycles. The van der Waals surface area contributed by atoms with Gasteiger partial charge in [-0.25, -0.2) is 9.97 Å². The minimum atomic E-state index is -0.931. The quantitative estimate of drug-likeness (QED) is 0.298. The molecule has 1 atom stereocenters. The summed E-state index contributed by atoms with van der Waals surface area (Å²) in [5.41, 5.74) is 3.33. The summed E-state index contributed by atoms with van der Waals surface area (Å²) < 4.78 is 6.06. The summed E-state index contributed by atoms with van der Waals surface area (Å²) >= 11 is 1.41. The molecule has 41 heavy (non-hydrogen) atoms. The molecule has 4 heterocycles. The van der Waals surface area contributed by atoms with Gasteiger partial charge in [0.2, 0.25) is 11.8 Å². The van der Waals surface area contributed by atoms with E-state index in [4.69, 9.17) is 9.40 Å². The van der Waals surface area contributed by atoms with Crippen molar-refractivity contribution in [3.8, 4) is 22.4 Å². The fourth-order valence-corrected chi connectivity index (χ4v) is 7.40. The van der Waals surface area contributed by atoms with Crippen LogP contribution in [0.3, 0.4) is 0 Å². The van der Waals surface area contributed by atoms with Crippen molar-refractivity contribution in [3.05, 3.63) is 35.2 Å². The lowest BCUT2D eigenvalue weighted by Gasteiger charge is -2.26. The van der Waals surface area contributed by atoms with Gasteiger partial charge in [-0.15, -0.1) is 11.3 Å². The van der Waals surface area contributed by atoms with Gasteiger partial charge < -0.3 is 9.52 Å². The highest BCUT2D eigenvalue weighted by molar-refractivity contribution is 7.14. The molecule has 3 aromatic heterocycles. The highest BCUT2D eigenvalue weighted by Crippen LogP contribution is 2.43. The summed E-state index contributed by atoms with van der Waals surface area (Å²) in [6, 6.07) is 3.90. The number of furan rings is 1. The topological polar surface area (TPSA) is 117 Å². The summed E-state index contributed by atoms with van der Waals surface area (Å²) in [6.07, 6.45) is 9.90. The first-order chi connectivity index (χ1) is 19.8. The SMILES string of the molecule is Cc1oc(C)c(-c2csc(N(C(=O)C(CC(=O)O)CC3CCCC3)C3CC3)n2)c1-c1ccc(N2CCCC2=O)nc1. The van der Waals surface area contributed by atoms with Crippen LogP contribution in [0.1, 0.15) is 75.7 Å². The predicted octanol–water partition coefficient (Wildman–Crippen LogP) is 6.38. The van der Waals surface area contributed by atoms with Crippen LogP contribution in [0, 0.1) is 25.7 Å². The summed E-state index contributed by atoms with van der Waals surface area (Å²) in [4.78, 5) is 50.8. The second-order valence-electron chi connectivity index (χ2n) is 11.7. The Morgan fingerprint density at radius 2 is 1.88 bits per heavy atom. The fraction of sp³-hybridized carbons (Fsp3) is 0.516. The highest BCUT2D eigenvalue weighted by Gasteiger charge is 2.40. The Morgan fingerprint density at radius 3 is 2.51 bits per heavy atom. The molecule has 10 heteroatoms. The van der Waals surface area contributed by atoms with E-state index in [0.717, 1.165) is 78.9 Å². The fourth-order valence-electron chi connectivity index (χ4n) is 6.50. The number of rotatable bonds is 10. The van der Waals surface area contributed by atoms with Gasteiger partial charge in [0.25, 0.3) is 0 Å². The number of thiazole rings is 1. The second-order valence-corrected chi connectivity index (χ2v) is 12.5. The molecule has 1 aliphatic heterocycles. The van der Waals surface area contributed by atoms with Crippen LogP contribution in [-0.2, 0) is 14.4 Å². The standard InChI is InChI=1S/C31H36N4O5S/c1-18-28(21-9-12-25(32-16-21)34-13-5-8-26(34)36)29(19(2)40-18)24-17-41-31(33-24)35(23-10-11-23)30(39)22(15-27(37)38)14-20-6-3-4-7-20/h9,12,16-17,20,22-23H,3-8,10-11,13-15H2,1-2H3,(H,37,38). The van der Waals surface area contributed by atoms with Gasteiger partial charge in [0.15, 0.2) is 5.13 Å². The number of hydrogen-bond acceptors (Lipinski definition) is 7. The molecule has 6 rings (SSSR count). The molecule has 1 N–H and O–H groups in total. The zero-order valence-electron chi connectivity index (χ0n) is 23.6. The number of aryl methyl sites for hydroxylation is 2. The molecule has 216 valence electrons. The van der Waals surface area contributed by atoms with Crippen molar-refractivity contribution in [3.63, 3.8) is 0 Å². The smallest absolute Gasteiger partial charge is 0.304 e. The van der Waals surface area contributed by atoms with Crippen LogP contribution in [0.2, 0.25) is 0 Å². The lowest BCUT2D eigenvalue weighted by Crippen LogP contribution is -2.39. The Hall–Kier alpha value is -3.53. The number of carbonyl (C=O) groups excluding carboxylic acids is 2. The summed E-state index contributed by atoms with van der Waals surface area (Å²) in [6.45, 7) is 4.51. The number of carboxylic acid groups (broad SMARTS) is 1. The van der Waals surface area contributed by atoms with Crippen molar-refractivity contribution < 1.29 is 23.9 Å². The van der Waals surface area contributed by atoms with Crippen molar-refractivity contribution in [1.82, 2.24) is 9.97 Å². The largest absolute Gasteiger partial charge is 0.481 e. The van der Waals surface area contributed by atoms with Gasteiger partial charge in [0.1, 0.15) is 17.3 Å². The molecule has 3 fully saturated rings. The van der Waals surface area contributed by atoms with Crippen molar-refractivity contribution in [2.45, 2.75) is 84.1 Å². The number of hydrogen-bond donors (Lipinski definition) is 1. The predicted molar refractivity (Wildman–Crippen MR) is 157 cm³/mol. The first-order valence-corrected chi connectivity index (χ1v) is 15.6. The number of aliphatic carboxylic acids is 1. The monoisotopic (exact) mass is 576 g/mol. The number of anilines is 2. The van der Waals surface area contributed by atoms with E-state index in [9.17, 15) is 19.5 Å². The average Bonchev–Trinajstić information content (AvgIpc) is 3.30. The third-order valence-corrected chi connectivity index (χ3v) is 9.45. The average molecular weight is 577 g/mol. The first kappa shape index (κ1) is 27.6. The van der Waals surface area contributed by atoms with Crippen LogP contribution < -0.4 is 9.80 Å². The third-order valence-electron chi connectivity index (χ3n) is 8.61. The van der Waals surface area contributed by atoms with Crippen LogP contribution >= 0.6 is 11.3 Å². The van der Waals surface area contributed by atoms with Crippen molar-refractivity contribution >= 4 is 40.1 Å². The van der Waals surface area contributed by atoms with Crippen molar-refractivity contribution in [2.24, 2.45) is 11.8 Å². The van der Waals surface area contributed by atoms with E-state index in [2.05, 4.69) is 4.98 Å². The molecular formula is C31H36N4O5S. The van der Waals surface area contributed by atoms with Crippen molar-refractivity contribution in [1.29, 1.82) is 0 Å². The number of carboxylic acids is 1. The second kappa shape index (κ2) is 11.4. The Labute approximate surface area is 243 Å². The van der Waals surface area contributed by atoms with E-state index in [1.807, 2.05) is 31.4 Å². The van der Waals surface area contributed by atoms with Gasteiger partial charge in [-0.05, 0) is 57.6 Å². The lowest BCUT2D eigenvalue weighted by atomic mass is 9.90. The van der Waals surface area contributed by atoms with Crippen LogP contribution in [0.15, 0.2) is 28.1 Å². The molecular weight excluding hydrogens is 540 g/mol. The minimum Gasteiger partial charge on any atom is -0.481 e. The van der Waals surface area contributed by atoms with E-state index < -0.39 is 11.9 Å². The lowest BCUT2D eigenvalue weighted by molar-refractivity contribution is -0.141. The molecule has 3 aromatic rings. The van der Waals surface area contributed by atoms with Crippen molar-refractivity contribution in [2.75, 3.05) is 16.3 Å². The van der Waals surface area contributed by atoms with Crippen LogP contribution in [0.4, 0.5) is 10.9 Å². The molecule has 2 saturated carbocycles. The molecule has 0 bridgehead atoms. The Morgan fingerprint density at radius 1 is 1.12 bits per heavy atom. The molecule has 9 nitrogen and oxygen atoms in total. The molecule has 0 radical (unpaired) electrons. The first-order valence-electron chi connectivity index (χ1n) is 14.7. The maximum atomic E-state index is 13.9. The Kier molecular flexibility index (Phi) is 7.68. The summed E-state index contributed by atoms with van der Waals surface area (Å²) in [7, 11) is 0. The molecule has 0 spiro atoms. The molecule has 3 aliphatic rings. The van der Waals surface area contributed by atoms with E-state index in [0.29, 0.717) is 36.3 Å². The number of amides is 2. The maximum Gasteiger partial charge on any atom is 0.304 e. The molecule has 2 aliphatic carbocycles. The molecule has 0 aromatic carbocycles. The van der Waals surface area contributed by atoms with E-state index >= 15 is 0 Å². The van der Waals surface area contributed by atoms with Gasteiger partial charge in [0.05, 0.1) is 17.7 Å². The van der Waals surface area contributed by atoms with Gasteiger partial charge in [0, 0.05) is 47.6 Å². The Bertz CT molecular complexity index is 1450. The maximum absolute atomic E-state index is 13.9. The van der Waals surface area contributed by atoms with Crippen LogP contribution in [0.25, 0.3) is 22.4 Å². The van der Waals surface area contributed by atoms with Gasteiger partial charge in [-0.3, -0.25) is 24.2 Å². The van der Waals surface area contributed by atoms with Gasteiger partial charge in [-0.2, -0.15) is 0 Å². The number of nitrogens with zero attached hydrogens (tertiary/aromatic N) is 4. The van der Waals surface area contributed by atoms with Gasteiger partial charge >= 0.3 is 5.97 Å². The molecule has 2 amide bonds. The van der Waals surface area contributed by atoms with E-state index in [1.165, 1.54) is 11.3 Å². The van der Waals surface area contributed by atoms with Gasteiger partial charge in [-0.1, -0.05) is 25.7 Å². The zero-order valence-corrected chi connectivity index (χ0v) is 24.4. The summed E-state index contributed by atoms with van der Waals surface area (Å²) in [5, 5.41) is 12.2. The normalized spacial score (nSPS) is 18.3. The third kappa shape index (κ3) is 5.66. The summed E-state index contributed by atoms with van der Waals surface area (Å²) in [5.74, 6) is 1.05. The van der Waals surface area contributed by atoms with E-state index in [1.54, 1.807) is 16.0 Å². The number of pyridine rings is 1. The number of aromatic nitrogens is 2. The van der Waals surface area contributed by atoms with E-state index in [-0.39, 0.29) is 24.3 Å². The zero-order chi connectivity index (χ0) is 28.7. The van der Waals surface area contributed by atoms with Crippen LogP contribution in [0.5, 0.6) is 0 Å². The Balaban J connectivity index is 1.29. The van der Waals surface area contributed by atoms with Crippen LogP contribution in [-0.4, -0.2) is 45.4 Å². The minimum absolute atomic E-state index is 0.0677.